The largest absolute Gasteiger partial charge is 0.492 e. The molecule has 40 heavy (non-hydrogen) atoms. The van der Waals surface area contributed by atoms with Gasteiger partial charge in [0.05, 0.1) is 17.1 Å². The van der Waals surface area contributed by atoms with Crippen molar-refractivity contribution in [3.05, 3.63) is 88.5 Å². The lowest BCUT2D eigenvalue weighted by molar-refractivity contribution is 0.174. The first-order valence-electron chi connectivity index (χ1n) is 12.9. The number of ether oxygens (including phenoxy) is 2. The van der Waals surface area contributed by atoms with Crippen molar-refractivity contribution < 1.29 is 27.4 Å². The molecule has 1 aliphatic rings. The molecule has 4 aromatic rings. The minimum Gasteiger partial charge on any atom is -0.492 e. The van der Waals surface area contributed by atoms with Crippen LogP contribution in [0.5, 0.6) is 17.4 Å². The molecular formula is C29H28FN3O6S. The molecule has 0 saturated carbocycles. The number of unbranched alkanes of at least 4 members (excludes halogenated alkanes) is 1. The van der Waals surface area contributed by atoms with E-state index >= 15 is 0 Å². The number of halogens is 1. The number of benzene rings is 2. The van der Waals surface area contributed by atoms with Crippen LogP contribution in [0.1, 0.15) is 50.5 Å². The molecule has 0 fully saturated rings. The van der Waals surface area contributed by atoms with Crippen molar-refractivity contribution in [3.63, 3.8) is 0 Å². The molecule has 11 heteroatoms. The van der Waals surface area contributed by atoms with Gasteiger partial charge < -0.3 is 14.6 Å². The molecule has 0 radical (unpaired) electrons. The van der Waals surface area contributed by atoms with Gasteiger partial charge >= 0.3 is 0 Å². The molecule has 2 aromatic heterocycles. The summed E-state index contributed by atoms with van der Waals surface area (Å²) < 4.78 is 53.4. The third kappa shape index (κ3) is 5.04. The van der Waals surface area contributed by atoms with Crippen molar-refractivity contribution in [2.75, 3.05) is 6.79 Å². The van der Waals surface area contributed by atoms with Crippen LogP contribution in [0.25, 0.3) is 11.1 Å². The number of aryl methyl sites for hydroxylation is 1. The maximum absolute atomic E-state index is 14.0. The molecule has 1 atom stereocenters. The number of sulfone groups is 1. The van der Waals surface area contributed by atoms with Crippen molar-refractivity contribution >= 4 is 9.84 Å². The molecule has 2 aromatic carbocycles. The second-order valence-corrected chi connectivity index (χ2v) is 11.3. The quantitative estimate of drug-likeness (QED) is 0.299. The lowest BCUT2D eigenvalue weighted by Crippen LogP contribution is -2.33. The number of fused-ring (bicyclic) bond motifs is 1. The van der Waals surface area contributed by atoms with Crippen LogP contribution in [0.15, 0.2) is 75.5 Å². The fraction of sp³-hybridized carbons (Fsp3) is 0.276. The van der Waals surface area contributed by atoms with E-state index in [-0.39, 0.29) is 11.7 Å². The topological polar surface area (TPSA) is 121 Å². The van der Waals surface area contributed by atoms with Crippen molar-refractivity contribution in [2.24, 2.45) is 0 Å². The fourth-order valence-electron chi connectivity index (χ4n) is 4.82. The van der Waals surface area contributed by atoms with Crippen LogP contribution in [-0.4, -0.2) is 34.9 Å². The lowest BCUT2D eigenvalue weighted by atomic mass is 10.0. The molecule has 0 unspecified atom stereocenters. The Balaban J connectivity index is 1.62. The predicted octanol–water partition coefficient (Wildman–Crippen LogP) is 5.05. The van der Waals surface area contributed by atoms with Crippen LogP contribution < -0.4 is 15.0 Å². The van der Waals surface area contributed by atoms with E-state index in [9.17, 15) is 22.7 Å². The van der Waals surface area contributed by atoms with Crippen LogP contribution in [-0.2, 0) is 16.3 Å². The number of hydrogen-bond donors (Lipinski definition) is 1. The Hall–Kier alpha value is -4.25. The van der Waals surface area contributed by atoms with Gasteiger partial charge in [0.15, 0.2) is 16.4 Å². The molecule has 5 rings (SSSR count). The summed E-state index contributed by atoms with van der Waals surface area (Å²) in [6, 6.07) is 11.6. The normalized spacial score (nSPS) is 13.4. The summed E-state index contributed by atoms with van der Waals surface area (Å²) in [6.07, 6.45) is 4.84. The zero-order valence-corrected chi connectivity index (χ0v) is 22.8. The maximum Gasteiger partial charge on any atom is 0.277 e. The van der Waals surface area contributed by atoms with Crippen LogP contribution in [0.3, 0.4) is 0 Å². The first-order valence-corrected chi connectivity index (χ1v) is 14.4. The van der Waals surface area contributed by atoms with Gasteiger partial charge in [-0.25, -0.2) is 12.8 Å². The van der Waals surface area contributed by atoms with Gasteiger partial charge in [0.1, 0.15) is 11.6 Å². The Morgan fingerprint density at radius 3 is 2.48 bits per heavy atom. The monoisotopic (exact) mass is 565 g/mol. The van der Waals surface area contributed by atoms with Gasteiger partial charge in [-0.2, -0.15) is 4.98 Å². The van der Waals surface area contributed by atoms with Crippen LogP contribution in [0.4, 0.5) is 4.39 Å². The zero-order chi connectivity index (χ0) is 28.4. The number of rotatable bonds is 9. The minimum absolute atomic E-state index is 0.0922. The Bertz CT molecular complexity index is 1720. The van der Waals surface area contributed by atoms with E-state index in [0.717, 1.165) is 18.2 Å². The van der Waals surface area contributed by atoms with Gasteiger partial charge in [0.2, 0.25) is 22.5 Å². The minimum atomic E-state index is -4.48. The Kier molecular flexibility index (Phi) is 7.57. The number of aromatic hydroxyl groups is 1. The highest BCUT2D eigenvalue weighted by molar-refractivity contribution is 7.91. The molecule has 9 nitrogen and oxygen atoms in total. The summed E-state index contributed by atoms with van der Waals surface area (Å²) in [5.41, 5.74) is 0.858. The highest BCUT2D eigenvalue weighted by Crippen LogP contribution is 2.36. The molecule has 0 saturated heterocycles. The SMILES string of the molecule is CCCCc1nc(O)c(S(=O)(=O)c2ccc(-c3cncc(F)c3)cc2)c(=O)n1[C@@H](CC)c1ccc2c(c1)OCO2. The van der Waals surface area contributed by atoms with Crippen LogP contribution >= 0.6 is 0 Å². The molecule has 1 aliphatic heterocycles. The first kappa shape index (κ1) is 27.3. The number of aromatic nitrogens is 3. The van der Waals surface area contributed by atoms with Gasteiger partial charge in [0, 0.05) is 18.2 Å². The highest BCUT2D eigenvalue weighted by Gasteiger charge is 2.32. The molecular weight excluding hydrogens is 537 g/mol. The molecule has 0 aliphatic carbocycles. The van der Waals surface area contributed by atoms with E-state index < -0.39 is 38.0 Å². The van der Waals surface area contributed by atoms with E-state index in [1.807, 2.05) is 13.8 Å². The average Bonchev–Trinajstić information content (AvgIpc) is 3.41. The Labute approximate surface area is 230 Å². The molecule has 0 bridgehead atoms. The van der Waals surface area contributed by atoms with Gasteiger partial charge in [-0.1, -0.05) is 38.5 Å². The average molecular weight is 566 g/mol. The predicted molar refractivity (Wildman–Crippen MR) is 145 cm³/mol. The van der Waals surface area contributed by atoms with Crippen molar-refractivity contribution in [3.8, 4) is 28.5 Å². The molecule has 0 amide bonds. The van der Waals surface area contributed by atoms with Crippen molar-refractivity contribution in [1.82, 2.24) is 14.5 Å². The molecule has 0 spiro atoms. The summed E-state index contributed by atoms with van der Waals surface area (Å²) in [4.78, 5) is 21.1. The summed E-state index contributed by atoms with van der Waals surface area (Å²) in [5, 5.41) is 10.8. The molecule has 208 valence electrons. The van der Waals surface area contributed by atoms with Crippen molar-refractivity contribution in [2.45, 2.75) is 55.4 Å². The number of hydrogen-bond acceptors (Lipinski definition) is 8. The van der Waals surface area contributed by atoms with E-state index in [0.29, 0.717) is 47.7 Å². The maximum atomic E-state index is 14.0. The molecule has 1 N–H and O–H groups in total. The van der Waals surface area contributed by atoms with Gasteiger partial charge in [-0.3, -0.25) is 14.3 Å². The van der Waals surface area contributed by atoms with E-state index in [1.54, 1.807) is 18.2 Å². The fourth-order valence-corrected chi connectivity index (χ4v) is 6.16. The molecule has 3 heterocycles. The van der Waals surface area contributed by atoms with E-state index in [4.69, 9.17) is 9.47 Å². The zero-order valence-electron chi connectivity index (χ0n) is 22.0. The van der Waals surface area contributed by atoms with Gasteiger partial charge in [-0.15, -0.1) is 0 Å². The third-order valence-electron chi connectivity index (χ3n) is 6.83. The summed E-state index contributed by atoms with van der Waals surface area (Å²) in [6.45, 7) is 3.96. The summed E-state index contributed by atoms with van der Waals surface area (Å²) in [7, 11) is -4.48. The Morgan fingerprint density at radius 2 is 1.77 bits per heavy atom. The second kappa shape index (κ2) is 11.1. The number of pyridine rings is 1. The summed E-state index contributed by atoms with van der Waals surface area (Å²) in [5.74, 6) is 0.0453. The van der Waals surface area contributed by atoms with Gasteiger partial charge in [0.25, 0.3) is 5.56 Å². The summed E-state index contributed by atoms with van der Waals surface area (Å²) >= 11 is 0. The third-order valence-corrected chi connectivity index (χ3v) is 8.62. The smallest absolute Gasteiger partial charge is 0.277 e. The van der Waals surface area contributed by atoms with Crippen LogP contribution in [0, 0.1) is 5.82 Å². The highest BCUT2D eigenvalue weighted by atomic mass is 32.2. The first-order chi connectivity index (χ1) is 19.2. The van der Waals surface area contributed by atoms with E-state index in [1.165, 1.54) is 41.1 Å². The van der Waals surface area contributed by atoms with Gasteiger partial charge in [-0.05, 0) is 54.3 Å². The van der Waals surface area contributed by atoms with Crippen molar-refractivity contribution in [1.29, 1.82) is 0 Å². The lowest BCUT2D eigenvalue weighted by Gasteiger charge is -2.23. The standard InChI is InChI=1S/C29H28FN3O6S/c1-3-5-6-26-32-28(34)27(29(35)33(26)23(4-2)19-9-12-24-25(14-19)39-17-38-24)40(36,37)22-10-7-18(8-11-22)20-13-21(30)16-31-15-20/h7-16,23,34H,3-6,17H2,1-2H3/t23-/m0/s1. The second-order valence-electron chi connectivity index (χ2n) is 9.42. The number of nitrogens with zero attached hydrogens (tertiary/aromatic N) is 3. The van der Waals surface area contributed by atoms with Crippen LogP contribution in [0.2, 0.25) is 0 Å². The Morgan fingerprint density at radius 1 is 1.02 bits per heavy atom. The van der Waals surface area contributed by atoms with E-state index in [2.05, 4.69) is 9.97 Å².